The van der Waals surface area contributed by atoms with Crippen molar-refractivity contribution in [3.63, 3.8) is 0 Å². The van der Waals surface area contributed by atoms with Crippen LogP contribution in [0.5, 0.6) is 0 Å². The number of carbonyl (C=O) groups is 2. The number of halogens is 3. The molecule has 0 bridgehead atoms. The van der Waals surface area contributed by atoms with Crippen molar-refractivity contribution in [1.82, 2.24) is 0 Å². The molecule has 3 aliphatic rings. The number of ether oxygens (including phenoxy) is 1. The first-order chi connectivity index (χ1) is 16.4. The van der Waals surface area contributed by atoms with E-state index in [2.05, 4.69) is 14.2 Å². The van der Waals surface area contributed by atoms with Gasteiger partial charge in [-0.15, -0.1) is 0 Å². The summed E-state index contributed by atoms with van der Waals surface area (Å²) in [5.41, 5.74) is -3.30. The lowest BCUT2D eigenvalue weighted by Gasteiger charge is -2.49. The molecule has 0 aliphatic heterocycles. The molecule has 0 aromatic heterocycles. The van der Waals surface area contributed by atoms with E-state index in [1.807, 2.05) is 18.2 Å². The zero-order valence-corrected chi connectivity index (χ0v) is 20.3. The number of esters is 1. The van der Waals surface area contributed by atoms with Gasteiger partial charge in [-0.25, -0.2) is 0 Å². The fourth-order valence-corrected chi connectivity index (χ4v) is 6.61. The van der Waals surface area contributed by atoms with Crippen molar-refractivity contribution in [2.24, 2.45) is 17.3 Å². The van der Waals surface area contributed by atoms with Crippen LogP contribution in [-0.4, -0.2) is 32.9 Å². The highest BCUT2D eigenvalue weighted by Gasteiger charge is 2.56. The second-order valence-electron chi connectivity index (χ2n) is 9.70. The number of rotatable bonds is 6. The number of amides is 1. The average molecular weight is 516 g/mol. The molecule has 0 unspecified atom stereocenters. The SMILES string of the molecule is COC(=O)CCC(=O)Nc1ccc2c(c1)CC[C@@H]1[C@@H]2CC[C@]2(C)C(OS(=O)(=O)C(F)(F)F)=CC[C@@H]12. The van der Waals surface area contributed by atoms with Gasteiger partial charge in [0.05, 0.1) is 13.5 Å². The molecular weight excluding hydrogens is 487 g/mol. The smallest absolute Gasteiger partial charge is 0.469 e. The topological polar surface area (TPSA) is 98.8 Å². The lowest BCUT2D eigenvalue weighted by Crippen LogP contribution is -2.42. The molecule has 192 valence electrons. The van der Waals surface area contributed by atoms with Crippen molar-refractivity contribution >= 4 is 27.7 Å². The molecule has 35 heavy (non-hydrogen) atoms. The molecule has 1 saturated carbocycles. The van der Waals surface area contributed by atoms with Crippen LogP contribution in [0.15, 0.2) is 30.0 Å². The van der Waals surface area contributed by atoms with Crippen LogP contribution in [0.3, 0.4) is 0 Å². The second kappa shape index (κ2) is 9.15. The van der Waals surface area contributed by atoms with Crippen molar-refractivity contribution in [3.05, 3.63) is 41.2 Å². The molecule has 4 rings (SSSR count). The summed E-state index contributed by atoms with van der Waals surface area (Å²) in [7, 11) is -4.43. The summed E-state index contributed by atoms with van der Waals surface area (Å²) in [5, 5.41) is 2.81. The first-order valence-corrected chi connectivity index (χ1v) is 13.0. The van der Waals surface area contributed by atoms with Gasteiger partial charge in [0.15, 0.2) is 0 Å². The van der Waals surface area contributed by atoms with Crippen LogP contribution in [0.4, 0.5) is 18.9 Å². The van der Waals surface area contributed by atoms with Gasteiger partial charge in [0.2, 0.25) is 5.91 Å². The summed E-state index contributed by atoms with van der Waals surface area (Å²) in [6.45, 7) is 1.81. The number of hydrogen-bond donors (Lipinski definition) is 1. The molecular formula is C24H28F3NO6S. The Hall–Kier alpha value is -2.56. The Kier molecular flexibility index (Phi) is 6.67. The van der Waals surface area contributed by atoms with Crippen molar-refractivity contribution in [3.8, 4) is 0 Å². The van der Waals surface area contributed by atoms with E-state index in [1.54, 1.807) is 6.92 Å². The number of alkyl halides is 3. The third-order valence-electron chi connectivity index (χ3n) is 7.79. The van der Waals surface area contributed by atoms with E-state index in [0.717, 1.165) is 24.0 Å². The summed E-state index contributed by atoms with van der Waals surface area (Å²) >= 11 is 0. The number of hydrogen-bond acceptors (Lipinski definition) is 6. The van der Waals surface area contributed by atoms with Crippen LogP contribution in [-0.2, 0) is 35.0 Å². The van der Waals surface area contributed by atoms with Gasteiger partial charge in [-0.2, -0.15) is 21.6 Å². The minimum atomic E-state index is -5.70. The Morgan fingerprint density at radius 3 is 2.63 bits per heavy atom. The van der Waals surface area contributed by atoms with Crippen molar-refractivity contribution in [1.29, 1.82) is 0 Å². The van der Waals surface area contributed by atoms with Gasteiger partial charge in [-0.05, 0) is 79.2 Å². The number of fused-ring (bicyclic) bond motifs is 5. The zero-order chi connectivity index (χ0) is 25.6. The van der Waals surface area contributed by atoms with E-state index >= 15 is 0 Å². The highest BCUT2D eigenvalue weighted by molar-refractivity contribution is 7.87. The lowest BCUT2D eigenvalue weighted by molar-refractivity contribution is -0.141. The normalized spacial score (nSPS) is 27.7. The van der Waals surface area contributed by atoms with E-state index < -0.39 is 27.0 Å². The molecule has 1 aromatic carbocycles. The predicted molar refractivity (Wildman–Crippen MR) is 120 cm³/mol. The van der Waals surface area contributed by atoms with Crippen molar-refractivity contribution in [2.75, 3.05) is 12.4 Å². The molecule has 3 aliphatic carbocycles. The first-order valence-electron chi connectivity index (χ1n) is 11.6. The van der Waals surface area contributed by atoms with Gasteiger partial charge in [-0.3, -0.25) is 9.59 Å². The quantitative estimate of drug-likeness (QED) is 0.332. The summed E-state index contributed by atoms with van der Waals surface area (Å²) in [6.07, 6.45) is 4.78. The highest BCUT2D eigenvalue weighted by atomic mass is 32.2. The van der Waals surface area contributed by atoms with Gasteiger partial charge in [0, 0.05) is 17.5 Å². The van der Waals surface area contributed by atoms with Crippen LogP contribution in [0.2, 0.25) is 0 Å². The Labute approximate surface area is 202 Å². The summed E-state index contributed by atoms with van der Waals surface area (Å²) in [6, 6.07) is 5.74. The summed E-state index contributed by atoms with van der Waals surface area (Å²) in [5.74, 6) is -0.442. The number of benzene rings is 1. The molecule has 1 fully saturated rings. The van der Waals surface area contributed by atoms with Crippen LogP contribution < -0.4 is 5.32 Å². The van der Waals surface area contributed by atoms with Crippen molar-refractivity contribution < 1.29 is 40.1 Å². The molecule has 0 spiro atoms. The standard InChI is InChI=1S/C24H28F3NO6S/c1-23-12-11-17-16-6-4-15(28-21(29)9-10-22(30)33-2)13-14(16)3-5-18(17)19(23)7-8-20(23)34-35(31,32)24(25,26)27/h4,6,8,13,17-19H,3,5,7,9-12H2,1-2H3,(H,28,29)/t17-,18-,19+,23+/m1/s1. The lowest BCUT2D eigenvalue weighted by atomic mass is 9.55. The van der Waals surface area contributed by atoms with Gasteiger partial charge in [0.1, 0.15) is 5.76 Å². The van der Waals surface area contributed by atoms with Crippen LogP contribution in [0, 0.1) is 17.3 Å². The Bertz CT molecular complexity index is 1160. The number of nitrogens with one attached hydrogen (secondary N) is 1. The molecule has 4 atom stereocenters. The predicted octanol–water partition coefficient (Wildman–Crippen LogP) is 4.79. The van der Waals surface area contributed by atoms with Gasteiger partial charge in [-0.1, -0.05) is 13.0 Å². The minimum absolute atomic E-state index is 0.00118. The molecule has 1 amide bonds. The van der Waals surface area contributed by atoms with Gasteiger partial charge >= 0.3 is 21.6 Å². The number of allylic oxidation sites excluding steroid dienone is 2. The Morgan fingerprint density at radius 1 is 1.20 bits per heavy atom. The number of aryl methyl sites for hydroxylation is 1. The molecule has 0 saturated heterocycles. The molecule has 0 heterocycles. The third kappa shape index (κ3) is 4.79. The maximum atomic E-state index is 12.9. The summed E-state index contributed by atoms with van der Waals surface area (Å²) < 4.78 is 71.1. The molecule has 7 nitrogen and oxygen atoms in total. The van der Waals surface area contributed by atoms with Gasteiger partial charge < -0.3 is 14.2 Å². The average Bonchev–Trinajstić information content (AvgIpc) is 3.12. The van der Waals surface area contributed by atoms with E-state index in [0.29, 0.717) is 24.9 Å². The molecule has 1 N–H and O–H groups in total. The molecule has 0 radical (unpaired) electrons. The second-order valence-corrected chi connectivity index (χ2v) is 11.2. The monoisotopic (exact) mass is 515 g/mol. The fourth-order valence-electron chi connectivity index (χ4n) is 6.02. The van der Waals surface area contributed by atoms with E-state index in [4.69, 9.17) is 0 Å². The largest absolute Gasteiger partial charge is 0.534 e. The van der Waals surface area contributed by atoms with E-state index in [9.17, 15) is 31.2 Å². The summed E-state index contributed by atoms with van der Waals surface area (Å²) in [4.78, 5) is 23.4. The first kappa shape index (κ1) is 25.5. The Balaban J connectivity index is 1.46. The number of anilines is 1. The van der Waals surface area contributed by atoms with Gasteiger partial charge in [0.25, 0.3) is 0 Å². The maximum absolute atomic E-state index is 12.9. The third-order valence-corrected chi connectivity index (χ3v) is 8.75. The van der Waals surface area contributed by atoms with Crippen molar-refractivity contribution in [2.45, 2.75) is 63.3 Å². The van der Waals surface area contributed by atoms with E-state index in [-0.39, 0.29) is 42.3 Å². The molecule has 11 heteroatoms. The fraction of sp³-hybridized carbons (Fsp3) is 0.583. The van der Waals surface area contributed by atoms with E-state index in [1.165, 1.54) is 13.2 Å². The highest BCUT2D eigenvalue weighted by Crippen LogP contribution is 2.61. The number of carbonyl (C=O) groups excluding carboxylic acids is 2. The zero-order valence-electron chi connectivity index (χ0n) is 19.5. The number of methoxy groups -OCH3 is 1. The van der Waals surface area contributed by atoms with Crippen LogP contribution in [0.1, 0.15) is 62.5 Å². The Morgan fingerprint density at radius 2 is 1.94 bits per heavy atom. The molecule has 1 aromatic rings. The maximum Gasteiger partial charge on any atom is 0.534 e. The van der Waals surface area contributed by atoms with Crippen LogP contribution in [0.25, 0.3) is 0 Å². The minimum Gasteiger partial charge on any atom is -0.469 e. The van der Waals surface area contributed by atoms with Crippen LogP contribution >= 0.6 is 0 Å².